The van der Waals surface area contributed by atoms with Crippen molar-refractivity contribution in [3.63, 3.8) is 0 Å². The van der Waals surface area contributed by atoms with Crippen molar-refractivity contribution >= 4 is 34.5 Å². The van der Waals surface area contributed by atoms with E-state index in [2.05, 4.69) is 5.32 Å². The third-order valence-corrected chi connectivity index (χ3v) is 4.42. The molecule has 3 rings (SSSR count). The summed E-state index contributed by atoms with van der Waals surface area (Å²) in [6.45, 7) is 0.382. The summed E-state index contributed by atoms with van der Waals surface area (Å²) in [6, 6.07) is 25.9. The Labute approximate surface area is 168 Å². The molecule has 5 nitrogen and oxygen atoms in total. The summed E-state index contributed by atoms with van der Waals surface area (Å²) >= 11 is 1.08. The quantitative estimate of drug-likeness (QED) is 0.597. The molecule has 0 saturated heterocycles. The highest BCUT2D eigenvalue weighted by Crippen LogP contribution is 2.22. The topological polar surface area (TPSA) is 58.6 Å². The highest BCUT2D eigenvalue weighted by Gasteiger charge is 2.18. The number of amides is 2. The van der Waals surface area contributed by atoms with Crippen molar-refractivity contribution in [2.24, 2.45) is 0 Å². The van der Waals surface area contributed by atoms with E-state index in [1.54, 1.807) is 35.4 Å². The first-order valence-corrected chi connectivity index (χ1v) is 9.91. The van der Waals surface area contributed by atoms with Gasteiger partial charge in [0.2, 0.25) is 0 Å². The zero-order valence-corrected chi connectivity index (χ0v) is 16.2. The number of nitrogens with zero attached hydrogens (tertiary/aromatic N) is 1. The van der Waals surface area contributed by atoms with Crippen molar-refractivity contribution in [2.75, 3.05) is 16.5 Å². The van der Waals surface area contributed by atoms with E-state index >= 15 is 0 Å². The number of benzene rings is 3. The van der Waals surface area contributed by atoms with Gasteiger partial charge in [-0.3, -0.25) is 9.69 Å². The first-order chi connectivity index (χ1) is 13.7. The third kappa shape index (κ3) is 5.37. The van der Waals surface area contributed by atoms with E-state index < -0.39 is 6.09 Å². The summed E-state index contributed by atoms with van der Waals surface area (Å²) in [5.74, 6) is 0.359. The fourth-order valence-electron chi connectivity index (χ4n) is 2.60. The third-order valence-electron chi connectivity index (χ3n) is 3.94. The number of ether oxygens (including phenoxy) is 1. The Morgan fingerprint density at radius 2 is 1.61 bits per heavy atom. The average molecular weight is 392 g/mol. The van der Waals surface area contributed by atoms with E-state index in [-0.39, 0.29) is 5.24 Å². The van der Waals surface area contributed by atoms with Gasteiger partial charge in [-0.25, -0.2) is 4.79 Å². The Morgan fingerprint density at radius 1 is 0.929 bits per heavy atom. The van der Waals surface area contributed by atoms with Crippen LogP contribution in [0.15, 0.2) is 84.9 Å². The molecule has 0 fully saturated rings. The number of hydrogen-bond acceptors (Lipinski definition) is 4. The van der Waals surface area contributed by atoms with Crippen LogP contribution >= 0.6 is 11.8 Å². The molecule has 28 heavy (non-hydrogen) atoms. The predicted octanol–water partition coefficient (Wildman–Crippen LogP) is 5.79. The zero-order valence-electron chi connectivity index (χ0n) is 15.4. The van der Waals surface area contributed by atoms with Gasteiger partial charge >= 0.3 is 6.09 Å². The molecule has 0 heterocycles. The van der Waals surface area contributed by atoms with Crippen molar-refractivity contribution < 1.29 is 14.3 Å². The summed E-state index contributed by atoms with van der Waals surface area (Å²) in [4.78, 5) is 26.0. The molecule has 1 N–H and O–H groups in total. The molecular weight excluding hydrogens is 372 g/mol. The van der Waals surface area contributed by atoms with Gasteiger partial charge in [-0.15, -0.1) is 0 Å². The molecule has 0 aliphatic carbocycles. The largest absolute Gasteiger partial charge is 0.420 e. The maximum absolute atomic E-state index is 12.9. The van der Waals surface area contributed by atoms with Crippen molar-refractivity contribution in [3.8, 4) is 5.75 Å². The molecule has 0 aliphatic rings. The molecule has 0 aromatic heterocycles. The van der Waals surface area contributed by atoms with Gasteiger partial charge in [0.25, 0.3) is 5.24 Å². The van der Waals surface area contributed by atoms with Crippen LogP contribution < -0.4 is 15.0 Å². The number of carbonyl (C=O) groups excluding carboxylic acids is 2. The maximum atomic E-state index is 12.9. The highest BCUT2D eigenvalue weighted by molar-refractivity contribution is 8.13. The maximum Gasteiger partial charge on any atom is 0.420 e. The van der Waals surface area contributed by atoms with E-state index in [0.717, 1.165) is 23.0 Å². The average Bonchev–Trinajstić information content (AvgIpc) is 2.73. The second-order valence-corrected chi connectivity index (χ2v) is 6.70. The first kappa shape index (κ1) is 19.5. The van der Waals surface area contributed by atoms with Crippen LogP contribution in [0.25, 0.3) is 0 Å². The van der Waals surface area contributed by atoms with Gasteiger partial charge in [-0.1, -0.05) is 66.4 Å². The Morgan fingerprint density at radius 3 is 2.29 bits per heavy atom. The molecule has 6 heteroatoms. The van der Waals surface area contributed by atoms with Gasteiger partial charge in [0.15, 0.2) is 0 Å². The Kier molecular flexibility index (Phi) is 6.70. The molecule has 0 saturated carbocycles. The molecule has 0 radical (unpaired) electrons. The van der Waals surface area contributed by atoms with Gasteiger partial charge in [-0.2, -0.15) is 0 Å². The van der Waals surface area contributed by atoms with Crippen molar-refractivity contribution in [1.82, 2.24) is 0 Å². The molecule has 2 amide bonds. The lowest BCUT2D eigenvalue weighted by molar-refractivity contribution is 0.207. The van der Waals surface area contributed by atoms with Gasteiger partial charge < -0.3 is 10.1 Å². The van der Waals surface area contributed by atoms with E-state index in [9.17, 15) is 9.59 Å². The lowest BCUT2D eigenvalue weighted by atomic mass is 10.2. The molecule has 0 bridgehead atoms. The number of carbonyl (C=O) groups is 2. The zero-order chi connectivity index (χ0) is 19.8. The number of anilines is 2. The van der Waals surface area contributed by atoms with E-state index in [1.165, 1.54) is 0 Å². The van der Waals surface area contributed by atoms with E-state index in [0.29, 0.717) is 18.0 Å². The van der Waals surface area contributed by atoms with E-state index in [1.807, 2.05) is 60.7 Å². The number of para-hydroxylation sites is 1. The molecule has 0 atom stereocenters. The second kappa shape index (κ2) is 9.62. The van der Waals surface area contributed by atoms with Gasteiger partial charge in [-0.05, 0) is 36.1 Å². The SMILES string of the molecule is CSC(=O)Nc1cccc(OC(=O)N(Cc2ccccc2)c2ccccc2)c1. The van der Waals surface area contributed by atoms with E-state index in [4.69, 9.17) is 4.74 Å². The monoisotopic (exact) mass is 392 g/mol. The van der Waals surface area contributed by atoms with Crippen LogP contribution in [0, 0.1) is 0 Å². The fraction of sp³-hybridized carbons (Fsp3) is 0.0909. The van der Waals surface area contributed by atoms with Crippen molar-refractivity contribution in [1.29, 1.82) is 0 Å². The predicted molar refractivity (Wildman–Crippen MR) is 114 cm³/mol. The number of rotatable bonds is 5. The Bertz CT molecular complexity index is 933. The van der Waals surface area contributed by atoms with Crippen LogP contribution in [0.4, 0.5) is 21.0 Å². The summed E-state index contributed by atoms with van der Waals surface area (Å²) < 4.78 is 5.59. The normalized spacial score (nSPS) is 10.2. The smallest absolute Gasteiger partial charge is 0.410 e. The summed E-state index contributed by atoms with van der Waals surface area (Å²) in [5, 5.41) is 2.54. The molecule has 142 valence electrons. The van der Waals surface area contributed by atoms with Crippen LogP contribution in [0.2, 0.25) is 0 Å². The molecule has 0 unspecified atom stereocenters. The minimum atomic E-state index is -0.497. The lowest BCUT2D eigenvalue weighted by Gasteiger charge is -2.22. The Hall–Kier alpha value is -3.25. The molecule has 0 aliphatic heterocycles. The van der Waals surface area contributed by atoms with Crippen LogP contribution in [0.5, 0.6) is 5.75 Å². The van der Waals surface area contributed by atoms with Gasteiger partial charge in [0.1, 0.15) is 5.75 Å². The molecule has 3 aromatic carbocycles. The van der Waals surface area contributed by atoms with Crippen LogP contribution in [-0.4, -0.2) is 17.6 Å². The van der Waals surface area contributed by atoms with Crippen molar-refractivity contribution in [3.05, 3.63) is 90.5 Å². The van der Waals surface area contributed by atoms with Crippen LogP contribution in [-0.2, 0) is 6.54 Å². The van der Waals surface area contributed by atoms with Crippen molar-refractivity contribution in [2.45, 2.75) is 6.54 Å². The molecule has 3 aromatic rings. The standard InChI is InChI=1S/C22H20N2O3S/c1-28-21(25)23-18-11-8-14-20(15-18)27-22(26)24(19-12-6-3-7-13-19)16-17-9-4-2-5-10-17/h2-15H,16H2,1H3,(H,23,25). The Balaban J connectivity index is 1.80. The molecular formula is C22H20N2O3S. The van der Waals surface area contributed by atoms with Crippen LogP contribution in [0.3, 0.4) is 0 Å². The second-order valence-electron chi connectivity index (χ2n) is 5.92. The summed E-state index contributed by atoms with van der Waals surface area (Å²) in [5.41, 5.74) is 2.30. The summed E-state index contributed by atoms with van der Waals surface area (Å²) in [6.07, 6.45) is 1.20. The molecule has 0 spiro atoms. The first-order valence-electron chi connectivity index (χ1n) is 8.69. The minimum absolute atomic E-state index is 0.182. The number of thioether (sulfide) groups is 1. The fourth-order valence-corrected chi connectivity index (χ4v) is 2.82. The number of hydrogen-bond donors (Lipinski definition) is 1. The lowest BCUT2D eigenvalue weighted by Crippen LogP contribution is -2.33. The minimum Gasteiger partial charge on any atom is -0.410 e. The van der Waals surface area contributed by atoms with Gasteiger partial charge in [0, 0.05) is 17.4 Å². The van der Waals surface area contributed by atoms with Crippen LogP contribution in [0.1, 0.15) is 5.56 Å². The highest BCUT2D eigenvalue weighted by atomic mass is 32.2. The summed E-state index contributed by atoms with van der Waals surface area (Å²) in [7, 11) is 0. The number of nitrogens with one attached hydrogen (secondary N) is 1. The van der Waals surface area contributed by atoms with Gasteiger partial charge in [0.05, 0.1) is 6.54 Å².